The number of amides is 1. The number of hydrogen-bond acceptors (Lipinski definition) is 7. The Hall–Kier alpha value is -4.14. The number of aromatic amines is 1. The SMILES string of the molecule is Nc1ncc(N2CC[C@H](NC(=O)COc3ccccc3)C2)nc1-c1nc2ccccc2[nH]1.[HH].[HH].[HH].[HH]. The molecule has 0 aliphatic carbocycles. The molecule has 1 atom stereocenters. The lowest BCUT2D eigenvalue weighted by atomic mass is 10.2. The van der Waals surface area contributed by atoms with Crippen LogP contribution in [0.25, 0.3) is 22.6 Å². The second-order valence-electron chi connectivity index (χ2n) is 7.67. The number of nitrogens with one attached hydrogen (secondary N) is 2. The van der Waals surface area contributed by atoms with Crippen molar-refractivity contribution in [2.45, 2.75) is 12.5 Å². The van der Waals surface area contributed by atoms with Crippen molar-refractivity contribution in [3.8, 4) is 17.3 Å². The van der Waals surface area contributed by atoms with Crippen molar-refractivity contribution in [2.75, 3.05) is 30.3 Å². The van der Waals surface area contributed by atoms with Crippen molar-refractivity contribution in [1.29, 1.82) is 0 Å². The quantitative estimate of drug-likeness (QED) is 0.423. The lowest BCUT2D eigenvalue weighted by Gasteiger charge is -2.18. The van der Waals surface area contributed by atoms with Gasteiger partial charge in [-0.05, 0) is 30.7 Å². The van der Waals surface area contributed by atoms with Crippen molar-refractivity contribution in [3.05, 3.63) is 60.8 Å². The Balaban J connectivity index is 0.00000162. The van der Waals surface area contributed by atoms with Gasteiger partial charge < -0.3 is 25.7 Å². The van der Waals surface area contributed by atoms with Gasteiger partial charge >= 0.3 is 0 Å². The molecule has 9 heteroatoms. The lowest BCUT2D eigenvalue weighted by molar-refractivity contribution is -0.123. The number of H-pyrrole nitrogens is 1. The molecule has 4 aromatic rings. The van der Waals surface area contributed by atoms with Crippen LogP contribution in [-0.4, -0.2) is 51.6 Å². The summed E-state index contributed by atoms with van der Waals surface area (Å²) >= 11 is 0. The minimum atomic E-state index is -0.146. The van der Waals surface area contributed by atoms with Gasteiger partial charge in [0.05, 0.1) is 17.2 Å². The number of nitrogens with two attached hydrogens (primary N) is 1. The molecule has 2 aromatic carbocycles. The Morgan fingerprint density at radius 1 is 1.19 bits per heavy atom. The first-order valence-electron chi connectivity index (χ1n) is 10.5. The van der Waals surface area contributed by atoms with Gasteiger partial charge in [0.1, 0.15) is 11.6 Å². The second kappa shape index (κ2) is 8.54. The molecule has 0 bridgehead atoms. The molecule has 0 unspecified atom stereocenters. The van der Waals surface area contributed by atoms with E-state index in [1.54, 1.807) is 6.20 Å². The van der Waals surface area contributed by atoms with Gasteiger partial charge in [0.15, 0.2) is 23.9 Å². The fraction of sp³-hybridized carbons (Fsp3) is 0.217. The number of anilines is 2. The van der Waals surface area contributed by atoms with Crippen molar-refractivity contribution >= 4 is 28.6 Å². The van der Waals surface area contributed by atoms with E-state index < -0.39 is 0 Å². The molecule has 2 aromatic heterocycles. The smallest absolute Gasteiger partial charge is 0.258 e. The zero-order valence-corrected chi connectivity index (χ0v) is 17.4. The van der Waals surface area contributed by atoms with E-state index in [2.05, 4.69) is 25.2 Å². The highest BCUT2D eigenvalue weighted by Crippen LogP contribution is 2.26. The van der Waals surface area contributed by atoms with Gasteiger partial charge in [0.25, 0.3) is 5.91 Å². The highest BCUT2D eigenvalue weighted by molar-refractivity contribution is 5.80. The average molecular weight is 438 g/mol. The molecule has 9 nitrogen and oxygen atoms in total. The van der Waals surface area contributed by atoms with Crippen LogP contribution in [0.1, 0.15) is 12.1 Å². The number of rotatable bonds is 6. The van der Waals surface area contributed by atoms with Crippen LogP contribution >= 0.6 is 0 Å². The van der Waals surface area contributed by atoms with Crippen LogP contribution in [0.2, 0.25) is 0 Å². The van der Waals surface area contributed by atoms with E-state index in [-0.39, 0.29) is 24.3 Å². The molecule has 0 saturated carbocycles. The van der Waals surface area contributed by atoms with E-state index in [1.165, 1.54) is 0 Å². The summed E-state index contributed by atoms with van der Waals surface area (Å²) in [6.45, 7) is 1.37. The number of para-hydroxylation sites is 3. The van der Waals surface area contributed by atoms with Crippen molar-refractivity contribution < 1.29 is 15.2 Å². The highest BCUT2D eigenvalue weighted by atomic mass is 16.5. The topological polar surface area (TPSA) is 122 Å². The Bertz CT molecular complexity index is 1230. The van der Waals surface area contributed by atoms with Gasteiger partial charge in [-0.3, -0.25) is 4.79 Å². The number of carbonyl (C=O) groups is 1. The Morgan fingerprint density at radius 2 is 2.00 bits per heavy atom. The van der Waals surface area contributed by atoms with E-state index in [4.69, 9.17) is 15.5 Å². The first-order chi connectivity index (χ1) is 15.7. The van der Waals surface area contributed by atoms with Gasteiger partial charge in [-0.25, -0.2) is 15.0 Å². The largest absolute Gasteiger partial charge is 0.484 e. The van der Waals surface area contributed by atoms with Crippen molar-refractivity contribution in [3.63, 3.8) is 0 Å². The molecule has 1 amide bonds. The number of aromatic nitrogens is 4. The first-order valence-corrected chi connectivity index (χ1v) is 10.5. The minimum Gasteiger partial charge on any atom is -0.484 e. The molecule has 1 aliphatic rings. The summed E-state index contributed by atoms with van der Waals surface area (Å²) in [4.78, 5) is 31.2. The monoisotopic (exact) mass is 437 g/mol. The van der Waals surface area contributed by atoms with Gasteiger partial charge in [-0.15, -0.1) is 0 Å². The molecular weight excluding hydrogens is 406 g/mol. The number of benzene rings is 2. The summed E-state index contributed by atoms with van der Waals surface area (Å²) in [5, 5.41) is 3.03. The van der Waals surface area contributed by atoms with Crippen LogP contribution < -0.4 is 20.7 Å². The maximum Gasteiger partial charge on any atom is 0.258 e. The number of nitrogens with zero attached hydrogens (tertiary/aromatic N) is 4. The Morgan fingerprint density at radius 3 is 2.84 bits per heavy atom. The van der Waals surface area contributed by atoms with Gasteiger partial charge in [-0.2, -0.15) is 0 Å². The van der Waals surface area contributed by atoms with E-state index in [0.717, 1.165) is 24.0 Å². The zero-order chi connectivity index (χ0) is 21.9. The van der Waals surface area contributed by atoms with Crippen LogP contribution in [-0.2, 0) is 4.79 Å². The minimum absolute atomic E-state index is 0. The maximum atomic E-state index is 12.3. The number of hydrogen-bond donors (Lipinski definition) is 3. The third-order valence-electron chi connectivity index (χ3n) is 5.39. The molecule has 0 radical (unpaired) electrons. The normalized spacial score (nSPS) is 15.8. The fourth-order valence-corrected chi connectivity index (χ4v) is 3.80. The predicted molar refractivity (Wildman–Crippen MR) is 131 cm³/mol. The summed E-state index contributed by atoms with van der Waals surface area (Å²) in [5.74, 6) is 2.13. The highest BCUT2D eigenvalue weighted by Gasteiger charge is 2.26. The summed E-state index contributed by atoms with van der Waals surface area (Å²) in [6.07, 6.45) is 2.47. The van der Waals surface area contributed by atoms with E-state index in [9.17, 15) is 4.79 Å². The number of nitrogen functional groups attached to an aromatic ring is 1. The predicted octanol–water partition coefficient (Wildman–Crippen LogP) is 3.36. The first kappa shape index (κ1) is 19.8. The number of ether oxygens (including phenoxy) is 1. The molecule has 1 aliphatic heterocycles. The molecule has 1 saturated heterocycles. The summed E-state index contributed by atoms with van der Waals surface area (Å²) in [6, 6.07) is 17.1. The number of fused-ring (bicyclic) bond motifs is 1. The van der Waals surface area contributed by atoms with Crippen LogP contribution in [0, 0.1) is 0 Å². The Kier molecular flexibility index (Phi) is 5.29. The van der Waals surface area contributed by atoms with Crippen molar-refractivity contribution in [1.82, 2.24) is 25.3 Å². The molecule has 0 spiro atoms. The molecule has 5 rings (SSSR count). The van der Waals surface area contributed by atoms with Gasteiger partial charge in [-0.1, -0.05) is 30.3 Å². The van der Waals surface area contributed by atoms with Crippen LogP contribution in [0.3, 0.4) is 0 Å². The van der Waals surface area contributed by atoms with Crippen LogP contribution in [0.5, 0.6) is 5.75 Å². The maximum absolute atomic E-state index is 12.3. The van der Waals surface area contributed by atoms with E-state index in [1.807, 2.05) is 54.6 Å². The molecule has 32 heavy (non-hydrogen) atoms. The number of carbonyl (C=O) groups excluding carboxylic acids is 1. The summed E-state index contributed by atoms with van der Waals surface area (Å²) in [7, 11) is 0. The van der Waals surface area contributed by atoms with Crippen LogP contribution in [0.4, 0.5) is 11.6 Å². The third kappa shape index (κ3) is 4.18. The molecule has 170 valence electrons. The molecule has 1 fully saturated rings. The van der Waals surface area contributed by atoms with Crippen molar-refractivity contribution in [2.24, 2.45) is 0 Å². The summed E-state index contributed by atoms with van der Waals surface area (Å²) < 4.78 is 5.52. The standard InChI is InChI=1S/C23H23N7O2.4H2/c24-22-21(23-27-17-8-4-5-9-18(17)28-23)29-19(12-25-22)30-11-10-15(13-30)26-20(31)14-32-16-6-2-1-3-7-16;;;;/h1-9,12,15H,10-11,13-14H2,(H2,24,25)(H,26,31)(H,27,28);4*1H/t15-;;;;/m0..../s1. The summed E-state index contributed by atoms with van der Waals surface area (Å²) in [5.41, 5.74) is 8.37. The fourth-order valence-electron chi connectivity index (χ4n) is 3.80. The molecular formula is C23H31N7O2. The van der Waals surface area contributed by atoms with Crippen LogP contribution in [0.15, 0.2) is 60.8 Å². The Labute approximate surface area is 190 Å². The zero-order valence-electron chi connectivity index (χ0n) is 17.4. The lowest BCUT2D eigenvalue weighted by Crippen LogP contribution is -2.39. The third-order valence-corrected chi connectivity index (χ3v) is 5.39. The molecule has 4 N–H and O–H groups in total. The van der Waals surface area contributed by atoms with E-state index in [0.29, 0.717) is 35.4 Å². The van der Waals surface area contributed by atoms with Gasteiger partial charge in [0, 0.05) is 24.8 Å². The number of imidazole rings is 1. The van der Waals surface area contributed by atoms with E-state index >= 15 is 0 Å². The van der Waals surface area contributed by atoms with Gasteiger partial charge in [0.2, 0.25) is 0 Å². The second-order valence-corrected chi connectivity index (χ2v) is 7.67. The average Bonchev–Trinajstić information content (AvgIpc) is 3.46. The molecule has 3 heterocycles.